The molecule has 162 valence electrons. The van der Waals surface area contributed by atoms with Crippen LogP contribution in [0.5, 0.6) is 11.5 Å². The maximum absolute atomic E-state index is 12.8. The van der Waals surface area contributed by atoms with Crippen LogP contribution in [-0.2, 0) is 11.3 Å². The summed E-state index contributed by atoms with van der Waals surface area (Å²) < 4.78 is 16.8. The first-order chi connectivity index (χ1) is 15.2. The Morgan fingerprint density at radius 2 is 1.81 bits per heavy atom. The maximum Gasteiger partial charge on any atom is 0.255 e. The zero-order chi connectivity index (χ0) is 21.9. The van der Waals surface area contributed by atoms with E-state index in [1.807, 2.05) is 62.4 Å². The minimum Gasteiger partial charge on any atom is -0.490 e. The Morgan fingerprint density at radius 1 is 1.00 bits per heavy atom. The van der Waals surface area contributed by atoms with Crippen molar-refractivity contribution in [1.82, 2.24) is 10.3 Å². The molecule has 6 nitrogen and oxygen atoms in total. The molecular formula is C25H28N2O4. The number of nitrogens with one attached hydrogen (secondary N) is 1. The second-order valence-electron chi connectivity index (χ2n) is 6.96. The predicted octanol–water partition coefficient (Wildman–Crippen LogP) is 4.57. The number of carbonyl (C=O) groups excluding carboxylic acids is 1. The summed E-state index contributed by atoms with van der Waals surface area (Å²) in [6.07, 6.45) is 3.52. The van der Waals surface area contributed by atoms with Crippen LogP contribution in [0.3, 0.4) is 0 Å². The minimum atomic E-state index is -0.184. The number of aromatic nitrogens is 1. The molecule has 0 fully saturated rings. The van der Waals surface area contributed by atoms with Crippen molar-refractivity contribution in [2.24, 2.45) is 0 Å². The van der Waals surface area contributed by atoms with E-state index in [0.29, 0.717) is 37.7 Å². The van der Waals surface area contributed by atoms with Crippen molar-refractivity contribution in [1.29, 1.82) is 0 Å². The van der Waals surface area contributed by atoms with Gasteiger partial charge in [0.2, 0.25) is 0 Å². The van der Waals surface area contributed by atoms with E-state index in [2.05, 4.69) is 10.3 Å². The fourth-order valence-corrected chi connectivity index (χ4v) is 3.00. The Morgan fingerprint density at radius 3 is 2.55 bits per heavy atom. The molecule has 0 aliphatic heterocycles. The summed E-state index contributed by atoms with van der Waals surface area (Å²) in [5.41, 5.74) is 2.49. The van der Waals surface area contributed by atoms with Gasteiger partial charge in [0.05, 0.1) is 18.2 Å². The number of hydrogen-bond donors (Lipinski definition) is 1. The molecule has 0 saturated carbocycles. The fraction of sp³-hybridized carbons (Fsp3) is 0.280. The molecule has 0 saturated heterocycles. The second-order valence-corrected chi connectivity index (χ2v) is 6.96. The monoisotopic (exact) mass is 420 g/mol. The Balaban J connectivity index is 1.56. The van der Waals surface area contributed by atoms with E-state index in [-0.39, 0.29) is 11.9 Å². The maximum atomic E-state index is 12.8. The Labute approximate surface area is 183 Å². The largest absolute Gasteiger partial charge is 0.490 e. The lowest BCUT2D eigenvalue weighted by molar-refractivity contribution is 0.0923. The van der Waals surface area contributed by atoms with Crippen molar-refractivity contribution in [3.05, 3.63) is 89.7 Å². The van der Waals surface area contributed by atoms with Gasteiger partial charge in [-0.1, -0.05) is 30.3 Å². The molecule has 1 atom stereocenters. The Kier molecular flexibility index (Phi) is 8.43. The molecule has 0 bridgehead atoms. The molecule has 1 amide bonds. The third kappa shape index (κ3) is 6.83. The van der Waals surface area contributed by atoms with Crippen LogP contribution in [0.2, 0.25) is 0 Å². The molecule has 1 heterocycles. The van der Waals surface area contributed by atoms with Crippen LogP contribution in [0.15, 0.2) is 73.1 Å². The van der Waals surface area contributed by atoms with Gasteiger partial charge >= 0.3 is 0 Å². The van der Waals surface area contributed by atoms with Crippen molar-refractivity contribution < 1.29 is 19.0 Å². The molecule has 3 rings (SSSR count). The van der Waals surface area contributed by atoms with E-state index in [4.69, 9.17) is 14.2 Å². The molecule has 1 N–H and O–H groups in total. The van der Waals surface area contributed by atoms with Gasteiger partial charge in [-0.15, -0.1) is 0 Å². The highest BCUT2D eigenvalue weighted by Gasteiger charge is 2.15. The van der Waals surface area contributed by atoms with E-state index in [1.165, 1.54) is 0 Å². The highest BCUT2D eigenvalue weighted by Crippen LogP contribution is 2.22. The Bertz CT molecular complexity index is 945. The van der Waals surface area contributed by atoms with Gasteiger partial charge < -0.3 is 19.5 Å². The average molecular weight is 421 g/mol. The van der Waals surface area contributed by atoms with E-state index in [0.717, 1.165) is 16.9 Å². The van der Waals surface area contributed by atoms with Gasteiger partial charge in [0, 0.05) is 24.6 Å². The fourth-order valence-electron chi connectivity index (χ4n) is 3.00. The molecule has 2 aromatic carbocycles. The van der Waals surface area contributed by atoms with Gasteiger partial charge in [-0.3, -0.25) is 9.78 Å². The molecule has 1 aromatic heterocycles. The summed E-state index contributed by atoms with van der Waals surface area (Å²) >= 11 is 0. The van der Waals surface area contributed by atoms with Gasteiger partial charge in [0.1, 0.15) is 24.7 Å². The highest BCUT2D eigenvalue weighted by atomic mass is 16.5. The summed E-state index contributed by atoms with van der Waals surface area (Å²) in [7, 11) is 0. The smallest absolute Gasteiger partial charge is 0.255 e. The zero-order valence-electron chi connectivity index (χ0n) is 17.9. The SMILES string of the molecule is CCOCCOc1ccccc1C(=O)NC(C)c1ccc(OCc2cccnc2)cc1. The van der Waals surface area contributed by atoms with Crippen molar-refractivity contribution in [2.75, 3.05) is 19.8 Å². The first-order valence-corrected chi connectivity index (χ1v) is 10.4. The molecule has 0 aliphatic carbocycles. The molecule has 0 aliphatic rings. The molecule has 1 unspecified atom stereocenters. The van der Waals surface area contributed by atoms with Gasteiger partial charge in [-0.05, 0) is 49.7 Å². The van der Waals surface area contributed by atoms with Gasteiger partial charge in [-0.25, -0.2) is 0 Å². The van der Waals surface area contributed by atoms with Crippen LogP contribution in [0.1, 0.15) is 41.4 Å². The number of rotatable bonds is 11. The lowest BCUT2D eigenvalue weighted by atomic mass is 10.1. The number of hydrogen-bond acceptors (Lipinski definition) is 5. The number of ether oxygens (including phenoxy) is 3. The van der Waals surface area contributed by atoms with Gasteiger partial charge in [-0.2, -0.15) is 0 Å². The van der Waals surface area contributed by atoms with Crippen molar-refractivity contribution in [3.63, 3.8) is 0 Å². The summed E-state index contributed by atoms with van der Waals surface area (Å²) in [4.78, 5) is 16.9. The first kappa shape index (κ1) is 22.3. The minimum absolute atomic E-state index is 0.170. The van der Waals surface area contributed by atoms with Crippen molar-refractivity contribution in [2.45, 2.75) is 26.5 Å². The van der Waals surface area contributed by atoms with Gasteiger partial charge in [0.15, 0.2) is 0 Å². The van der Waals surface area contributed by atoms with Crippen molar-refractivity contribution >= 4 is 5.91 Å². The van der Waals surface area contributed by atoms with Crippen LogP contribution >= 0.6 is 0 Å². The van der Waals surface area contributed by atoms with Crippen LogP contribution < -0.4 is 14.8 Å². The molecular weight excluding hydrogens is 392 g/mol. The lowest BCUT2D eigenvalue weighted by Gasteiger charge is -2.17. The summed E-state index contributed by atoms with van der Waals surface area (Å²) in [5.74, 6) is 1.13. The Hall–Kier alpha value is -3.38. The first-order valence-electron chi connectivity index (χ1n) is 10.4. The van der Waals surface area contributed by atoms with Crippen LogP contribution in [0.25, 0.3) is 0 Å². The molecule has 0 radical (unpaired) electrons. The van der Waals surface area contributed by atoms with Gasteiger partial charge in [0.25, 0.3) is 5.91 Å². The van der Waals surface area contributed by atoms with E-state index in [1.54, 1.807) is 24.5 Å². The van der Waals surface area contributed by atoms with E-state index in [9.17, 15) is 4.79 Å². The molecule has 31 heavy (non-hydrogen) atoms. The zero-order valence-corrected chi connectivity index (χ0v) is 17.9. The third-order valence-electron chi connectivity index (χ3n) is 4.68. The summed E-state index contributed by atoms with van der Waals surface area (Å²) in [5, 5.41) is 3.03. The highest BCUT2D eigenvalue weighted by molar-refractivity contribution is 5.97. The third-order valence-corrected chi connectivity index (χ3v) is 4.68. The summed E-state index contributed by atoms with van der Waals surface area (Å²) in [6, 6.07) is 18.6. The molecule has 3 aromatic rings. The van der Waals surface area contributed by atoms with Crippen LogP contribution in [-0.4, -0.2) is 30.7 Å². The lowest BCUT2D eigenvalue weighted by Crippen LogP contribution is -2.27. The number of benzene rings is 2. The number of amides is 1. The average Bonchev–Trinajstić information content (AvgIpc) is 2.81. The van der Waals surface area contributed by atoms with E-state index < -0.39 is 0 Å². The number of para-hydroxylation sites is 1. The predicted molar refractivity (Wildman–Crippen MR) is 119 cm³/mol. The normalized spacial score (nSPS) is 11.5. The van der Waals surface area contributed by atoms with Crippen LogP contribution in [0, 0.1) is 0 Å². The topological polar surface area (TPSA) is 69.7 Å². The number of pyridine rings is 1. The van der Waals surface area contributed by atoms with Crippen LogP contribution in [0.4, 0.5) is 0 Å². The molecule has 6 heteroatoms. The van der Waals surface area contributed by atoms with E-state index >= 15 is 0 Å². The van der Waals surface area contributed by atoms with Crippen molar-refractivity contribution in [3.8, 4) is 11.5 Å². The quantitative estimate of drug-likeness (QED) is 0.460. The number of carbonyl (C=O) groups is 1. The number of nitrogens with zero attached hydrogens (tertiary/aromatic N) is 1. The standard InChI is InChI=1S/C25H28N2O4/c1-3-29-15-16-30-24-9-5-4-8-23(24)25(28)27-19(2)21-10-12-22(13-11-21)31-18-20-7-6-14-26-17-20/h4-14,17,19H,3,15-16,18H2,1-2H3,(H,27,28). The second kappa shape index (κ2) is 11.7. The molecule has 0 spiro atoms. The summed E-state index contributed by atoms with van der Waals surface area (Å²) in [6.45, 7) is 5.85.